The van der Waals surface area contributed by atoms with Crippen LogP contribution in [-0.4, -0.2) is 46.9 Å². The van der Waals surface area contributed by atoms with Crippen LogP contribution in [0.5, 0.6) is 0 Å². The van der Waals surface area contributed by atoms with Gasteiger partial charge < -0.3 is 5.32 Å². The maximum Gasteiger partial charge on any atom is 0.325 e. The lowest BCUT2D eigenvalue weighted by atomic mass is 10.1. The number of nitrogens with one attached hydrogen (secondary N) is 1. The molecule has 0 aromatic carbocycles. The molecule has 1 N–H and O–H groups in total. The molecule has 0 bridgehead atoms. The fourth-order valence-electron chi connectivity index (χ4n) is 3.39. The number of nitrogens with zero attached hydrogens (tertiary/aromatic N) is 2. The smallest absolute Gasteiger partial charge is 0.324 e. The van der Waals surface area contributed by atoms with Crippen LogP contribution in [0.4, 0.5) is 4.79 Å². The quantitative estimate of drug-likeness (QED) is 0.848. The molecule has 1 aromatic rings. The van der Waals surface area contributed by atoms with Crippen molar-refractivity contribution in [2.75, 3.05) is 19.6 Å². The number of carbonyl (C=O) groups excluding carboxylic acids is 2. The van der Waals surface area contributed by atoms with Gasteiger partial charge in [-0.25, -0.2) is 4.79 Å². The van der Waals surface area contributed by atoms with Gasteiger partial charge in [0.25, 0.3) is 5.91 Å². The Balaban J connectivity index is 1.53. The summed E-state index contributed by atoms with van der Waals surface area (Å²) in [5.41, 5.74) is 0.642. The normalized spacial score (nSPS) is 25.0. The van der Waals surface area contributed by atoms with Gasteiger partial charge in [-0.05, 0) is 62.0 Å². The third kappa shape index (κ3) is 2.90. The highest BCUT2D eigenvalue weighted by Crippen LogP contribution is 2.33. The second kappa shape index (κ2) is 6.01. The van der Waals surface area contributed by atoms with E-state index in [4.69, 9.17) is 0 Å². The summed E-state index contributed by atoms with van der Waals surface area (Å²) < 4.78 is 0. The maximum atomic E-state index is 12.1. The first kappa shape index (κ1) is 15.5. The SMILES string of the molecule is CC1(C)NC(=O)N(CCCN2CCC[C@H]2c2ccsc2)C1=O. The van der Waals surface area contributed by atoms with Gasteiger partial charge in [0.1, 0.15) is 5.54 Å². The first-order valence-corrected chi connectivity index (χ1v) is 8.83. The molecular formula is C16H23N3O2S. The fourth-order valence-corrected chi connectivity index (χ4v) is 4.10. The third-order valence-electron chi connectivity index (χ3n) is 4.56. The zero-order valence-electron chi connectivity index (χ0n) is 13.2. The monoisotopic (exact) mass is 321 g/mol. The molecule has 2 aliphatic heterocycles. The lowest BCUT2D eigenvalue weighted by Gasteiger charge is -2.24. The lowest BCUT2D eigenvalue weighted by molar-refractivity contribution is -0.130. The fraction of sp³-hybridized carbons (Fsp3) is 0.625. The highest BCUT2D eigenvalue weighted by atomic mass is 32.1. The summed E-state index contributed by atoms with van der Waals surface area (Å²) in [4.78, 5) is 27.8. The molecule has 2 aliphatic rings. The summed E-state index contributed by atoms with van der Waals surface area (Å²) in [6.07, 6.45) is 3.25. The molecule has 120 valence electrons. The zero-order chi connectivity index (χ0) is 15.7. The number of amides is 3. The number of hydrogen-bond donors (Lipinski definition) is 1. The van der Waals surface area contributed by atoms with E-state index in [-0.39, 0.29) is 11.9 Å². The van der Waals surface area contributed by atoms with E-state index in [0.29, 0.717) is 12.6 Å². The standard InChI is InChI=1S/C16H23N3O2S/c1-16(2)14(20)19(15(21)17-16)9-4-8-18-7-3-5-13(18)12-6-10-22-11-12/h6,10-11,13H,3-5,7-9H2,1-2H3,(H,17,21)/t13-/m0/s1. The van der Waals surface area contributed by atoms with Crippen molar-refractivity contribution in [3.63, 3.8) is 0 Å². The number of rotatable bonds is 5. The summed E-state index contributed by atoms with van der Waals surface area (Å²) in [6.45, 7) is 6.03. The van der Waals surface area contributed by atoms with E-state index >= 15 is 0 Å². The van der Waals surface area contributed by atoms with Crippen LogP contribution in [-0.2, 0) is 4.79 Å². The van der Waals surface area contributed by atoms with Gasteiger partial charge in [-0.2, -0.15) is 11.3 Å². The first-order valence-electron chi connectivity index (χ1n) is 7.89. The van der Waals surface area contributed by atoms with Crippen LogP contribution >= 0.6 is 11.3 Å². The molecule has 6 heteroatoms. The summed E-state index contributed by atoms with van der Waals surface area (Å²) in [6, 6.07) is 2.45. The zero-order valence-corrected chi connectivity index (χ0v) is 14.0. The minimum Gasteiger partial charge on any atom is -0.324 e. The van der Waals surface area contributed by atoms with E-state index in [9.17, 15) is 9.59 Å². The summed E-state index contributed by atoms with van der Waals surface area (Å²) >= 11 is 1.74. The minimum atomic E-state index is -0.760. The number of hydrogen-bond acceptors (Lipinski definition) is 4. The molecule has 1 atom stereocenters. The summed E-state index contributed by atoms with van der Waals surface area (Å²) in [7, 11) is 0. The van der Waals surface area contributed by atoms with Crippen LogP contribution in [0.1, 0.15) is 44.7 Å². The Morgan fingerprint density at radius 1 is 1.36 bits per heavy atom. The number of imide groups is 1. The van der Waals surface area contributed by atoms with Crippen molar-refractivity contribution >= 4 is 23.3 Å². The molecule has 0 saturated carbocycles. The van der Waals surface area contributed by atoms with E-state index in [0.717, 1.165) is 19.5 Å². The Morgan fingerprint density at radius 2 is 2.18 bits per heavy atom. The molecule has 2 fully saturated rings. The van der Waals surface area contributed by atoms with E-state index in [1.807, 2.05) is 0 Å². The molecule has 2 saturated heterocycles. The van der Waals surface area contributed by atoms with E-state index in [2.05, 4.69) is 27.0 Å². The molecule has 3 rings (SSSR count). The van der Waals surface area contributed by atoms with Gasteiger partial charge in [-0.15, -0.1) is 0 Å². The van der Waals surface area contributed by atoms with Gasteiger partial charge in [-0.3, -0.25) is 14.6 Å². The van der Waals surface area contributed by atoms with Crippen molar-refractivity contribution in [2.24, 2.45) is 0 Å². The Morgan fingerprint density at radius 3 is 2.82 bits per heavy atom. The van der Waals surface area contributed by atoms with Gasteiger partial charge in [0.15, 0.2) is 0 Å². The highest BCUT2D eigenvalue weighted by molar-refractivity contribution is 7.07. The Hall–Kier alpha value is -1.40. The lowest BCUT2D eigenvalue weighted by Crippen LogP contribution is -2.40. The van der Waals surface area contributed by atoms with Gasteiger partial charge in [0.2, 0.25) is 0 Å². The Bertz CT molecular complexity index is 556. The van der Waals surface area contributed by atoms with Gasteiger partial charge >= 0.3 is 6.03 Å². The number of thiophene rings is 1. The number of carbonyl (C=O) groups is 2. The van der Waals surface area contributed by atoms with E-state index in [1.54, 1.807) is 25.2 Å². The Kier molecular flexibility index (Phi) is 4.23. The van der Waals surface area contributed by atoms with Crippen LogP contribution in [0.15, 0.2) is 16.8 Å². The molecule has 0 radical (unpaired) electrons. The average molecular weight is 321 g/mol. The number of likely N-dealkylation sites (tertiary alicyclic amines) is 1. The molecule has 1 aromatic heterocycles. The molecule has 0 unspecified atom stereocenters. The summed E-state index contributed by atoms with van der Waals surface area (Å²) in [5, 5.41) is 7.08. The van der Waals surface area contributed by atoms with Crippen molar-refractivity contribution in [2.45, 2.75) is 44.7 Å². The maximum absolute atomic E-state index is 12.1. The minimum absolute atomic E-state index is 0.117. The third-order valence-corrected chi connectivity index (χ3v) is 5.26. The molecule has 0 aliphatic carbocycles. The van der Waals surface area contributed by atoms with Gasteiger partial charge in [0.05, 0.1) is 0 Å². The van der Waals surface area contributed by atoms with Gasteiger partial charge in [0, 0.05) is 19.1 Å². The highest BCUT2D eigenvalue weighted by Gasteiger charge is 2.43. The molecule has 0 spiro atoms. The first-order chi connectivity index (χ1) is 10.5. The van der Waals surface area contributed by atoms with Gasteiger partial charge in [-0.1, -0.05) is 0 Å². The molecule has 3 heterocycles. The van der Waals surface area contributed by atoms with E-state index < -0.39 is 5.54 Å². The van der Waals surface area contributed by atoms with Crippen molar-refractivity contribution < 1.29 is 9.59 Å². The largest absolute Gasteiger partial charge is 0.325 e. The average Bonchev–Trinajstić information content (AvgIpc) is 3.15. The van der Waals surface area contributed by atoms with Crippen molar-refractivity contribution in [3.05, 3.63) is 22.4 Å². The molecule has 5 nitrogen and oxygen atoms in total. The van der Waals surface area contributed by atoms with Crippen LogP contribution in [0.25, 0.3) is 0 Å². The van der Waals surface area contributed by atoms with Crippen molar-refractivity contribution in [1.29, 1.82) is 0 Å². The Labute approximate surface area is 135 Å². The van der Waals surface area contributed by atoms with Crippen LogP contribution in [0.3, 0.4) is 0 Å². The van der Waals surface area contributed by atoms with Crippen LogP contribution in [0, 0.1) is 0 Å². The van der Waals surface area contributed by atoms with Crippen LogP contribution < -0.4 is 5.32 Å². The van der Waals surface area contributed by atoms with Crippen molar-refractivity contribution in [1.82, 2.24) is 15.1 Å². The second-order valence-corrected chi connectivity index (χ2v) is 7.40. The molecular weight excluding hydrogens is 298 g/mol. The number of urea groups is 1. The molecule has 22 heavy (non-hydrogen) atoms. The van der Waals surface area contributed by atoms with Crippen molar-refractivity contribution in [3.8, 4) is 0 Å². The predicted octanol–water partition coefficient (Wildman–Crippen LogP) is 2.61. The summed E-state index contributed by atoms with van der Waals surface area (Å²) in [5.74, 6) is -0.117. The van der Waals surface area contributed by atoms with Crippen LogP contribution in [0.2, 0.25) is 0 Å². The topological polar surface area (TPSA) is 52.7 Å². The second-order valence-electron chi connectivity index (χ2n) is 6.62. The van der Waals surface area contributed by atoms with E-state index in [1.165, 1.54) is 23.3 Å². The predicted molar refractivity (Wildman–Crippen MR) is 86.8 cm³/mol. The molecule has 3 amide bonds.